The van der Waals surface area contributed by atoms with Crippen molar-refractivity contribution in [1.82, 2.24) is 24.1 Å². The van der Waals surface area contributed by atoms with E-state index in [4.69, 9.17) is 23.2 Å². The summed E-state index contributed by atoms with van der Waals surface area (Å²) in [6.45, 7) is 3.52. The summed E-state index contributed by atoms with van der Waals surface area (Å²) in [7, 11) is 0. The number of aromatic nitrogens is 4. The lowest BCUT2D eigenvalue weighted by Crippen LogP contribution is -2.40. The maximum Gasteiger partial charge on any atom is 0.228 e. The van der Waals surface area contributed by atoms with Gasteiger partial charge in [0.2, 0.25) is 5.91 Å². The third-order valence-corrected chi connectivity index (χ3v) is 5.26. The van der Waals surface area contributed by atoms with E-state index in [1.165, 1.54) is 0 Å². The third kappa shape index (κ3) is 3.44. The standard InChI is InChI=1S/C18H19Cl2N5O/c1-12-8-21-25(9-12)15-2-4-23(5-3-15)17(26)7-14-11-24-10-13(19)6-16(20)18(24)22-14/h6,8-11,15H,2-5,7H2,1H3. The Bertz CT molecular complexity index is 956. The lowest BCUT2D eigenvalue weighted by atomic mass is 10.0. The van der Waals surface area contributed by atoms with Gasteiger partial charge in [0.1, 0.15) is 0 Å². The molecule has 0 spiro atoms. The number of nitrogens with zero attached hydrogens (tertiary/aromatic N) is 5. The van der Waals surface area contributed by atoms with Crippen LogP contribution in [0.25, 0.3) is 5.65 Å². The number of likely N-dealkylation sites (tertiary alicyclic amines) is 1. The van der Waals surface area contributed by atoms with Crippen LogP contribution in [0.2, 0.25) is 10.0 Å². The van der Waals surface area contributed by atoms with Crippen LogP contribution in [-0.4, -0.2) is 43.1 Å². The molecular formula is C18H19Cl2N5O. The van der Waals surface area contributed by atoms with Gasteiger partial charge in [-0.25, -0.2) is 4.98 Å². The fourth-order valence-electron chi connectivity index (χ4n) is 3.44. The second-order valence-electron chi connectivity index (χ2n) is 6.76. The minimum Gasteiger partial charge on any atom is -0.342 e. The van der Waals surface area contributed by atoms with E-state index in [1.54, 1.807) is 16.7 Å². The molecular weight excluding hydrogens is 373 g/mol. The summed E-state index contributed by atoms with van der Waals surface area (Å²) in [6.07, 6.45) is 9.58. The van der Waals surface area contributed by atoms with Crippen molar-refractivity contribution in [3.63, 3.8) is 0 Å². The van der Waals surface area contributed by atoms with Crippen molar-refractivity contribution in [2.75, 3.05) is 13.1 Å². The number of aryl methyl sites for hydroxylation is 1. The summed E-state index contributed by atoms with van der Waals surface area (Å²) in [5.41, 5.74) is 2.48. The van der Waals surface area contributed by atoms with Crippen LogP contribution in [0, 0.1) is 6.92 Å². The van der Waals surface area contributed by atoms with Crippen LogP contribution in [0.15, 0.2) is 30.9 Å². The number of hydrogen-bond donors (Lipinski definition) is 0. The SMILES string of the molecule is Cc1cnn(C2CCN(C(=O)Cc3cn4cc(Cl)cc(Cl)c4n3)CC2)c1. The van der Waals surface area contributed by atoms with Crippen molar-refractivity contribution in [2.45, 2.75) is 32.2 Å². The molecule has 1 fully saturated rings. The third-order valence-electron chi connectivity index (χ3n) is 4.78. The number of piperidine rings is 1. The minimum absolute atomic E-state index is 0.0886. The number of carbonyl (C=O) groups excluding carboxylic acids is 1. The molecule has 0 radical (unpaired) electrons. The van der Waals surface area contributed by atoms with Crippen LogP contribution in [0.3, 0.4) is 0 Å². The second-order valence-corrected chi connectivity index (χ2v) is 7.60. The molecule has 1 saturated heterocycles. The van der Waals surface area contributed by atoms with Crippen molar-refractivity contribution < 1.29 is 4.79 Å². The molecule has 1 aliphatic rings. The van der Waals surface area contributed by atoms with Crippen molar-refractivity contribution in [1.29, 1.82) is 0 Å². The molecule has 0 saturated carbocycles. The van der Waals surface area contributed by atoms with E-state index in [9.17, 15) is 4.79 Å². The second kappa shape index (κ2) is 6.93. The summed E-state index contributed by atoms with van der Waals surface area (Å²) < 4.78 is 3.78. The Morgan fingerprint density at radius 2 is 2.00 bits per heavy atom. The average Bonchev–Trinajstić information content (AvgIpc) is 3.21. The zero-order valence-electron chi connectivity index (χ0n) is 14.4. The Kier molecular flexibility index (Phi) is 4.63. The van der Waals surface area contributed by atoms with Crippen LogP contribution in [0.5, 0.6) is 0 Å². The highest BCUT2D eigenvalue weighted by Crippen LogP contribution is 2.24. The van der Waals surface area contributed by atoms with Gasteiger partial charge >= 0.3 is 0 Å². The summed E-state index contributed by atoms with van der Waals surface area (Å²) in [6, 6.07) is 2.02. The molecule has 0 atom stereocenters. The van der Waals surface area contributed by atoms with Gasteiger partial charge in [-0.05, 0) is 31.4 Å². The van der Waals surface area contributed by atoms with E-state index in [1.807, 2.05) is 28.9 Å². The van der Waals surface area contributed by atoms with Crippen molar-refractivity contribution in [2.24, 2.45) is 0 Å². The largest absolute Gasteiger partial charge is 0.342 e. The number of amides is 1. The molecule has 4 heterocycles. The minimum atomic E-state index is 0.0886. The number of hydrogen-bond acceptors (Lipinski definition) is 3. The topological polar surface area (TPSA) is 55.4 Å². The number of rotatable bonds is 3. The molecule has 4 rings (SSSR count). The first kappa shape index (κ1) is 17.4. The molecule has 6 nitrogen and oxygen atoms in total. The van der Waals surface area contributed by atoms with Crippen LogP contribution in [-0.2, 0) is 11.2 Å². The molecule has 26 heavy (non-hydrogen) atoms. The van der Waals surface area contributed by atoms with E-state index in [-0.39, 0.29) is 12.3 Å². The Morgan fingerprint density at radius 3 is 2.69 bits per heavy atom. The fourth-order valence-corrected chi connectivity index (χ4v) is 3.97. The van der Waals surface area contributed by atoms with Crippen LogP contribution < -0.4 is 0 Å². The molecule has 1 aliphatic heterocycles. The highest BCUT2D eigenvalue weighted by molar-refractivity contribution is 6.36. The Hall–Kier alpha value is -2.05. The number of fused-ring (bicyclic) bond motifs is 1. The first-order valence-corrected chi connectivity index (χ1v) is 9.36. The van der Waals surface area contributed by atoms with Crippen molar-refractivity contribution in [3.8, 4) is 0 Å². The van der Waals surface area contributed by atoms with E-state index in [0.29, 0.717) is 27.4 Å². The van der Waals surface area contributed by atoms with Crippen molar-refractivity contribution >= 4 is 34.8 Å². The number of halogens is 2. The van der Waals surface area contributed by atoms with Gasteiger partial charge in [0.25, 0.3) is 0 Å². The molecule has 0 N–H and O–H groups in total. The monoisotopic (exact) mass is 391 g/mol. The summed E-state index contributed by atoms with van der Waals surface area (Å²) in [5.74, 6) is 0.0886. The quantitative estimate of drug-likeness (QED) is 0.685. The predicted octanol–water partition coefficient (Wildman–Crippen LogP) is 3.55. The maximum atomic E-state index is 12.6. The van der Waals surface area contributed by atoms with Crippen LogP contribution in [0.1, 0.15) is 30.1 Å². The van der Waals surface area contributed by atoms with E-state index in [0.717, 1.165) is 31.5 Å². The first-order valence-electron chi connectivity index (χ1n) is 8.61. The van der Waals surface area contributed by atoms with Crippen molar-refractivity contribution in [3.05, 3.63) is 52.2 Å². The summed E-state index contributed by atoms with van der Waals surface area (Å²) >= 11 is 12.2. The molecule has 1 amide bonds. The summed E-state index contributed by atoms with van der Waals surface area (Å²) in [5, 5.41) is 5.41. The normalized spacial score (nSPS) is 15.7. The zero-order valence-corrected chi connectivity index (χ0v) is 15.9. The van der Waals surface area contributed by atoms with Gasteiger partial charge in [-0.15, -0.1) is 0 Å². The lowest BCUT2D eigenvalue weighted by Gasteiger charge is -2.32. The van der Waals surface area contributed by atoms with Gasteiger partial charge in [-0.3, -0.25) is 9.48 Å². The first-order chi connectivity index (χ1) is 12.5. The van der Waals surface area contributed by atoms with Crippen LogP contribution >= 0.6 is 23.2 Å². The van der Waals surface area contributed by atoms with Gasteiger partial charge in [-0.2, -0.15) is 5.10 Å². The molecule has 0 aliphatic carbocycles. The van der Waals surface area contributed by atoms with Gasteiger partial charge in [0.05, 0.1) is 34.4 Å². The molecule has 136 valence electrons. The molecule has 0 aromatic carbocycles. The van der Waals surface area contributed by atoms with Crippen LogP contribution in [0.4, 0.5) is 0 Å². The molecule has 8 heteroatoms. The van der Waals surface area contributed by atoms with E-state index < -0.39 is 0 Å². The maximum absolute atomic E-state index is 12.6. The predicted molar refractivity (Wildman–Crippen MR) is 101 cm³/mol. The smallest absolute Gasteiger partial charge is 0.228 e. The molecule has 3 aromatic rings. The van der Waals surface area contributed by atoms with Gasteiger partial charge in [0.15, 0.2) is 5.65 Å². The Balaban J connectivity index is 1.40. The number of carbonyl (C=O) groups is 1. The summed E-state index contributed by atoms with van der Waals surface area (Å²) in [4.78, 5) is 19.0. The molecule has 3 aromatic heterocycles. The average molecular weight is 392 g/mol. The lowest BCUT2D eigenvalue weighted by molar-refractivity contribution is -0.131. The molecule has 0 unspecified atom stereocenters. The van der Waals surface area contributed by atoms with E-state index in [2.05, 4.69) is 16.3 Å². The number of imidazole rings is 1. The van der Waals surface area contributed by atoms with Gasteiger partial charge < -0.3 is 9.30 Å². The number of pyridine rings is 1. The van der Waals surface area contributed by atoms with E-state index >= 15 is 0 Å². The highest BCUT2D eigenvalue weighted by atomic mass is 35.5. The fraction of sp³-hybridized carbons (Fsp3) is 0.389. The van der Waals surface area contributed by atoms with Gasteiger partial charge in [-0.1, -0.05) is 23.2 Å². The molecule has 0 bridgehead atoms. The van der Waals surface area contributed by atoms with Gasteiger partial charge in [0, 0.05) is 31.7 Å². The Morgan fingerprint density at radius 1 is 1.23 bits per heavy atom. The Labute approximate surface area is 161 Å². The zero-order chi connectivity index (χ0) is 18.3. The highest BCUT2D eigenvalue weighted by Gasteiger charge is 2.24.